The molecule has 0 spiro atoms. The number of aliphatic hydroxyl groups is 1. The van der Waals surface area contributed by atoms with Gasteiger partial charge in [0, 0.05) is 18.3 Å². The molecule has 4 heteroatoms. The fourth-order valence-electron chi connectivity index (χ4n) is 1.47. The number of nitrogens with one attached hydrogen (secondary N) is 2. The summed E-state index contributed by atoms with van der Waals surface area (Å²) in [7, 11) is 0. The Balaban J connectivity index is 2.91. The summed E-state index contributed by atoms with van der Waals surface area (Å²) in [6, 6.07) is 5.57. The first-order valence-corrected chi connectivity index (χ1v) is 6.07. The molecule has 1 unspecified atom stereocenters. The van der Waals surface area contributed by atoms with Gasteiger partial charge >= 0.3 is 0 Å². The van der Waals surface area contributed by atoms with Gasteiger partial charge in [-0.25, -0.2) is 0 Å². The third-order valence-corrected chi connectivity index (χ3v) is 2.99. The lowest BCUT2D eigenvalue weighted by molar-refractivity contribution is -0.114. The number of hydrogen-bond acceptors (Lipinski definition) is 3. The zero-order valence-corrected chi connectivity index (χ0v) is 11.7. The van der Waals surface area contributed by atoms with Gasteiger partial charge in [-0.15, -0.1) is 0 Å². The fourth-order valence-corrected chi connectivity index (χ4v) is 1.47. The predicted octanol–water partition coefficient (Wildman–Crippen LogP) is 2.52. The topological polar surface area (TPSA) is 61.4 Å². The molecule has 0 fully saturated rings. The molecule has 1 aromatic carbocycles. The van der Waals surface area contributed by atoms with Crippen LogP contribution in [-0.4, -0.2) is 22.7 Å². The lowest BCUT2D eigenvalue weighted by atomic mass is 10.00. The molecule has 0 aromatic heterocycles. The first-order chi connectivity index (χ1) is 8.20. The average molecular weight is 250 g/mol. The lowest BCUT2D eigenvalue weighted by Gasteiger charge is -2.28. The normalized spacial score (nSPS) is 13.0. The summed E-state index contributed by atoms with van der Waals surface area (Å²) in [6.45, 7) is 8.91. The Hall–Kier alpha value is -1.55. The third kappa shape index (κ3) is 4.04. The van der Waals surface area contributed by atoms with E-state index in [9.17, 15) is 9.90 Å². The van der Waals surface area contributed by atoms with Crippen molar-refractivity contribution in [1.82, 2.24) is 0 Å². The highest BCUT2D eigenvalue weighted by molar-refractivity contribution is 5.89. The van der Waals surface area contributed by atoms with Gasteiger partial charge in [0.1, 0.15) is 0 Å². The van der Waals surface area contributed by atoms with Crippen LogP contribution < -0.4 is 10.6 Å². The average Bonchev–Trinajstić information content (AvgIpc) is 2.20. The predicted molar refractivity (Wildman–Crippen MR) is 74.9 cm³/mol. The van der Waals surface area contributed by atoms with Gasteiger partial charge in [0.05, 0.1) is 11.6 Å². The number of anilines is 2. The maximum Gasteiger partial charge on any atom is 0.221 e. The smallest absolute Gasteiger partial charge is 0.221 e. The molecule has 0 aliphatic rings. The molecular formula is C14H22N2O2. The molecule has 1 atom stereocenters. The van der Waals surface area contributed by atoms with Crippen LogP contribution in [0.2, 0.25) is 0 Å². The van der Waals surface area contributed by atoms with Gasteiger partial charge < -0.3 is 15.7 Å². The molecule has 18 heavy (non-hydrogen) atoms. The van der Waals surface area contributed by atoms with Crippen LogP contribution in [0.4, 0.5) is 11.4 Å². The summed E-state index contributed by atoms with van der Waals surface area (Å²) in [5.41, 5.74) is 1.92. The molecule has 0 radical (unpaired) electrons. The molecule has 1 rings (SSSR count). The summed E-state index contributed by atoms with van der Waals surface area (Å²) < 4.78 is 0. The summed E-state index contributed by atoms with van der Waals surface area (Å²) in [5, 5.41) is 15.9. The van der Waals surface area contributed by atoms with E-state index >= 15 is 0 Å². The lowest BCUT2D eigenvalue weighted by Crippen LogP contribution is -2.39. The standard InChI is InChI=1S/C14H22N2O2/c1-9-6-7-12(16-11(3)17)8-13(9)15-10(2)14(4,5)18/h6-8,10,15,18H,1-5H3,(H,16,17). The first-order valence-electron chi connectivity index (χ1n) is 6.07. The number of hydrogen-bond donors (Lipinski definition) is 3. The van der Waals surface area contributed by atoms with Gasteiger partial charge in [-0.2, -0.15) is 0 Å². The highest BCUT2D eigenvalue weighted by Crippen LogP contribution is 2.23. The SMILES string of the molecule is CC(=O)Nc1ccc(C)c(NC(C)C(C)(C)O)c1. The molecule has 3 N–H and O–H groups in total. The highest BCUT2D eigenvalue weighted by atomic mass is 16.3. The summed E-state index contributed by atoms with van der Waals surface area (Å²) in [6.07, 6.45) is 0. The van der Waals surface area contributed by atoms with Crippen molar-refractivity contribution in [2.45, 2.75) is 46.3 Å². The molecule has 1 aromatic rings. The van der Waals surface area contributed by atoms with Crippen molar-refractivity contribution in [3.63, 3.8) is 0 Å². The highest BCUT2D eigenvalue weighted by Gasteiger charge is 2.22. The van der Waals surface area contributed by atoms with Crippen molar-refractivity contribution >= 4 is 17.3 Å². The zero-order chi connectivity index (χ0) is 13.9. The second-order valence-electron chi connectivity index (χ2n) is 5.23. The van der Waals surface area contributed by atoms with E-state index in [0.29, 0.717) is 0 Å². The number of carbonyl (C=O) groups is 1. The number of amides is 1. The van der Waals surface area contributed by atoms with E-state index in [1.165, 1.54) is 6.92 Å². The maximum absolute atomic E-state index is 11.0. The first kappa shape index (κ1) is 14.5. The summed E-state index contributed by atoms with van der Waals surface area (Å²) >= 11 is 0. The van der Waals surface area contributed by atoms with Gasteiger partial charge in [0.15, 0.2) is 0 Å². The van der Waals surface area contributed by atoms with Crippen LogP contribution in [0.1, 0.15) is 33.3 Å². The fraction of sp³-hybridized carbons (Fsp3) is 0.500. The quantitative estimate of drug-likeness (QED) is 0.769. The van der Waals surface area contributed by atoms with Crippen LogP contribution in [0.3, 0.4) is 0 Å². The van der Waals surface area contributed by atoms with Gasteiger partial charge in [0.25, 0.3) is 0 Å². The van der Waals surface area contributed by atoms with Crippen LogP contribution in [-0.2, 0) is 4.79 Å². The molecule has 0 heterocycles. The monoisotopic (exact) mass is 250 g/mol. The Bertz CT molecular complexity index is 436. The number of aryl methyl sites for hydroxylation is 1. The van der Waals surface area contributed by atoms with E-state index in [2.05, 4.69) is 10.6 Å². The van der Waals surface area contributed by atoms with Gasteiger partial charge in [-0.05, 0) is 45.4 Å². The van der Waals surface area contributed by atoms with Crippen LogP contribution in [0, 0.1) is 6.92 Å². The van der Waals surface area contributed by atoms with E-state index in [1.54, 1.807) is 13.8 Å². The minimum atomic E-state index is -0.809. The molecule has 0 saturated heterocycles. The summed E-state index contributed by atoms with van der Waals surface area (Å²) in [4.78, 5) is 11.0. The summed E-state index contributed by atoms with van der Waals surface area (Å²) in [5.74, 6) is -0.0969. The molecule has 4 nitrogen and oxygen atoms in total. The van der Waals surface area contributed by atoms with Crippen molar-refractivity contribution < 1.29 is 9.90 Å². The molecule has 0 saturated carbocycles. The third-order valence-electron chi connectivity index (χ3n) is 2.99. The van der Waals surface area contributed by atoms with Crippen LogP contribution >= 0.6 is 0 Å². The Morgan fingerprint density at radius 2 is 2.00 bits per heavy atom. The van der Waals surface area contributed by atoms with E-state index in [1.807, 2.05) is 32.0 Å². The number of rotatable bonds is 4. The number of carbonyl (C=O) groups excluding carboxylic acids is 1. The molecule has 0 aliphatic heterocycles. The zero-order valence-electron chi connectivity index (χ0n) is 11.7. The van der Waals surface area contributed by atoms with Gasteiger partial charge in [-0.3, -0.25) is 4.79 Å². The van der Waals surface area contributed by atoms with E-state index in [-0.39, 0.29) is 11.9 Å². The van der Waals surface area contributed by atoms with Crippen LogP contribution in [0.5, 0.6) is 0 Å². The van der Waals surface area contributed by atoms with E-state index in [0.717, 1.165) is 16.9 Å². The minimum absolute atomic E-state index is 0.0937. The minimum Gasteiger partial charge on any atom is -0.388 e. The van der Waals surface area contributed by atoms with Gasteiger partial charge in [0.2, 0.25) is 5.91 Å². The van der Waals surface area contributed by atoms with Crippen LogP contribution in [0.15, 0.2) is 18.2 Å². The second kappa shape index (κ2) is 5.40. The Kier molecular flexibility index (Phi) is 4.35. The number of benzene rings is 1. The van der Waals surface area contributed by atoms with E-state index < -0.39 is 5.60 Å². The van der Waals surface area contributed by atoms with Crippen molar-refractivity contribution in [1.29, 1.82) is 0 Å². The van der Waals surface area contributed by atoms with Crippen molar-refractivity contribution in [3.8, 4) is 0 Å². The maximum atomic E-state index is 11.0. The molecule has 1 amide bonds. The van der Waals surface area contributed by atoms with Gasteiger partial charge in [-0.1, -0.05) is 6.07 Å². The molecular weight excluding hydrogens is 228 g/mol. The van der Waals surface area contributed by atoms with E-state index in [4.69, 9.17) is 0 Å². The van der Waals surface area contributed by atoms with Crippen LogP contribution in [0.25, 0.3) is 0 Å². The second-order valence-corrected chi connectivity index (χ2v) is 5.23. The van der Waals surface area contributed by atoms with Crippen molar-refractivity contribution in [3.05, 3.63) is 23.8 Å². The van der Waals surface area contributed by atoms with Crippen molar-refractivity contribution in [2.75, 3.05) is 10.6 Å². The molecule has 100 valence electrons. The Morgan fingerprint density at radius 3 is 2.50 bits per heavy atom. The Labute approximate surface area is 108 Å². The Morgan fingerprint density at radius 1 is 1.39 bits per heavy atom. The van der Waals surface area contributed by atoms with Crippen molar-refractivity contribution in [2.24, 2.45) is 0 Å². The molecule has 0 aliphatic carbocycles. The molecule has 0 bridgehead atoms. The largest absolute Gasteiger partial charge is 0.388 e.